The number of aromatic amines is 1. The minimum Gasteiger partial charge on any atom is -0.461 e. The number of hydrogen-bond acceptors (Lipinski definition) is 4. The van der Waals surface area contributed by atoms with Crippen LogP contribution in [0.15, 0.2) is 46.6 Å². The van der Waals surface area contributed by atoms with Gasteiger partial charge in [-0.1, -0.05) is 18.2 Å². The number of aryl methyl sites for hydroxylation is 1. The molecular formula is C15H14N2O3S. The number of rotatable bonds is 5. The van der Waals surface area contributed by atoms with Gasteiger partial charge in [-0.25, -0.2) is 9.59 Å². The van der Waals surface area contributed by atoms with Crippen LogP contribution in [-0.4, -0.2) is 22.1 Å². The molecule has 0 aliphatic carbocycles. The Labute approximate surface area is 124 Å². The molecule has 1 N–H and O–H groups in total. The number of hydrogen-bond donors (Lipinski definition) is 1. The van der Waals surface area contributed by atoms with Crippen molar-refractivity contribution < 1.29 is 9.53 Å². The largest absolute Gasteiger partial charge is 0.461 e. The Morgan fingerprint density at radius 1 is 1.24 bits per heavy atom. The zero-order valence-corrected chi connectivity index (χ0v) is 12.1. The fourth-order valence-electron chi connectivity index (χ4n) is 2.18. The van der Waals surface area contributed by atoms with Crippen molar-refractivity contribution in [3.63, 3.8) is 0 Å². The van der Waals surface area contributed by atoms with Crippen molar-refractivity contribution in [1.82, 2.24) is 9.55 Å². The SMILES string of the molecule is O=C(OCCCn1c(=O)[nH]c2ccccc21)c1cccs1. The van der Waals surface area contributed by atoms with E-state index in [1.54, 1.807) is 10.6 Å². The maximum Gasteiger partial charge on any atom is 0.348 e. The highest BCUT2D eigenvalue weighted by Crippen LogP contribution is 2.11. The van der Waals surface area contributed by atoms with E-state index in [0.29, 0.717) is 24.4 Å². The molecule has 0 aliphatic rings. The molecule has 0 aliphatic heterocycles. The molecule has 0 bridgehead atoms. The Morgan fingerprint density at radius 2 is 2.10 bits per heavy atom. The molecule has 21 heavy (non-hydrogen) atoms. The van der Waals surface area contributed by atoms with Gasteiger partial charge in [-0.2, -0.15) is 0 Å². The first-order valence-electron chi connectivity index (χ1n) is 6.64. The summed E-state index contributed by atoms with van der Waals surface area (Å²) in [5.74, 6) is -0.309. The van der Waals surface area contributed by atoms with E-state index in [-0.39, 0.29) is 11.7 Å². The Balaban J connectivity index is 1.59. The summed E-state index contributed by atoms with van der Waals surface area (Å²) in [5, 5.41) is 1.84. The predicted octanol–water partition coefficient (Wildman–Crippen LogP) is 2.64. The summed E-state index contributed by atoms with van der Waals surface area (Å²) in [6, 6.07) is 11.1. The second-order valence-corrected chi connectivity index (χ2v) is 5.51. The van der Waals surface area contributed by atoms with Crippen LogP contribution in [0.2, 0.25) is 0 Å². The van der Waals surface area contributed by atoms with Gasteiger partial charge in [-0.3, -0.25) is 4.57 Å². The highest BCUT2D eigenvalue weighted by molar-refractivity contribution is 7.11. The molecule has 0 atom stereocenters. The van der Waals surface area contributed by atoms with Gasteiger partial charge in [0.05, 0.1) is 17.6 Å². The van der Waals surface area contributed by atoms with Gasteiger partial charge in [0.2, 0.25) is 0 Å². The molecule has 0 spiro atoms. The minimum atomic E-state index is -0.309. The highest BCUT2D eigenvalue weighted by atomic mass is 32.1. The number of aromatic nitrogens is 2. The first-order chi connectivity index (χ1) is 10.3. The van der Waals surface area contributed by atoms with Crippen molar-refractivity contribution in [3.05, 3.63) is 57.1 Å². The number of H-pyrrole nitrogens is 1. The third-order valence-electron chi connectivity index (χ3n) is 3.16. The van der Waals surface area contributed by atoms with Crippen LogP contribution in [0.3, 0.4) is 0 Å². The number of nitrogens with zero attached hydrogens (tertiary/aromatic N) is 1. The molecule has 1 aromatic carbocycles. The zero-order valence-electron chi connectivity index (χ0n) is 11.2. The number of para-hydroxylation sites is 2. The third kappa shape index (κ3) is 2.90. The van der Waals surface area contributed by atoms with Gasteiger partial charge in [0.1, 0.15) is 4.88 Å². The van der Waals surface area contributed by atoms with Crippen LogP contribution in [0, 0.1) is 0 Å². The molecule has 2 aromatic heterocycles. The molecule has 3 rings (SSSR count). The maximum absolute atomic E-state index is 11.9. The van der Waals surface area contributed by atoms with Crippen LogP contribution in [0.4, 0.5) is 0 Å². The number of carbonyl (C=O) groups is 1. The van der Waals surface area contributed by atoms with Crippen LogP contribution >= 0.6 is 11.3 Å². The summed E-state index contributed by atoms with van der Waals surface area (Å²) in [7, 11) is 0. The number of fused-ring (bicyclic) bond motifs is 1. The predicted molar refractivity (Wildman–Crippen MR) is 81.8 cm³/mol. The molecule has 2 heterocycles. The average molecular weight is 302 g/mol. The van der Waals surface area contributed by atoms with E-state index in [1.165, 1.54) is 11.3 Å². The molecular weight excluding hydrogens is 288 g/mol. The number of benzene rings is 1. The lowest BCUT2D eigenvalue weighted by atomic mass is 10.3. The van der Waals surface area contributed by atoms with E-state index < -0.39 is 0 Å². The number of ether oxygens (including phenoxy) is 1. The lowest BCUT2D eigenvalue weighted by molar-refractivity contribution is 0.0502. The van der Waals surface area contributed by atoms with E-state index in [1.807, 2.05) is 35.7 Å². The zero-order chi connectivity index (χ0) is 14.7. The van der Waals surface area contributed by atoms with Crippen LogP contribution in [-0.2, 0) is 11.3 Å². The average Bonchev–Trinajstić information content (AvgIpc) is 3.11. The van der Waals surface area contributed by atoms with E-state index >= 15 is 0 Å². The summed E-state index contributed by atoms with van der Waals surface area (Å²) in [6.07, 6.45) is 0.596. The smallest absolute Gasteiger partial charge is 0.348 e. The van der Waals surface area contributed by atoms with Gasteiger partial charge in [-0.05, 0) is 30.0 Å². The van der Waals surface area contributed by atoms with Gasteiger partial charge in [0.25, 0.3) is 0 Å². The maximum atomic E-state index is 11.9. The molecule has 0 radical (unpaired) electrons. The third-order valence-corrected chi connectivity index (χ3v) is 4.01. The standard InChI is InChI=1S/C15H14N2O3S/c18-14(13-7-3-10-21-13)20-9-4-8-17-12-6-2-1-5-11(12)16-15(17)19/h1-3,5-7,10H,4,8-9H2,(H,16,19). The number of thiophene rings is 1. The van der Waals surface area contributed by atoms with Crippen molar-refractivity contribution in [2.24, 2.45) is 0 Å². The van der Waals surface area contributed by atoms with Gasteiger partial charge in [0.15, 0.2) is 0 Å². The highest BCUT2D eigenvalue weighted by Gasteiger charge is 2.08. The second-order valence-electron chi connectivity index (χ2n) is 4.57. The summed E-state index contributed by atoms with van der Waals surface area (Å²) in [4.78, 5) is 26.9. The van der Waals surface area contributed by atoms with E-state index in [0.717, 1.165) is 11.0 Å². The van der Waals surface area contributed by atoms with Crippen molar-refractivity contribution in [1.29, 1.82) is 0 Å². The van der Waals surface area contributed by atoms with Crippen LogP contribution < -0.4 is 5.69 Å². The van der Waals surface area contributed by atoms with Gasteiger partial charge >= 0.3 is 11.7 Å². The van der Waals surface area contributed by atoms with Crippen LogP contribution in [0.5, 0.6) is 0 Å². The lowest BCUT2D eigenvalue weighted by Crippen LogP contribution is -2.18. The molecule has 3 aromatic rings. The molecule has 5 nitrogen and oxygen atoms in total. The summed E-state index contributed by atoms with van der Waals surface area (Å²) < 4.78 is 6.84. The van der Waals surface area contributed by atoms with Crippen molar-refractivity contribution in [3.8, 4) is 0 Å². The monoisotopic (exact) mass is 302 g/mol. The number of esters is 1. The molecule has 0 saturated carbocycles. The molecule has 0 saturated heterocycles. The summed E-state index contributed by atoms with van der Waals surface area (Å²) in [5.41, 5.74) is 1.55. The first-order valence-corrected chi connectivity index (χ1v) is 7.52. The first kappa shape index (κ1) is 13.6. The van der Waals surface area contributed by atoms with E-state index in [2.05, 4.69) is 4.98 Å². The Morgan fingerprint density at radius 3 is 2.90 bits per heavy atom. The van der Waals surface area contributed by atoms with Crippen LogP contribution in [0.25, 0.3) is 11.0 Å². The Hall–Kier alpha value is -2.34. The molecule has 6 heteroatoms. The Kier molecular flexibility index (Phi) is 3.87. The Bertz CT molecular complexity index is 802. The molecule has 0 fully saturated rings. The summed E-state index contributed by atoms with van der Waals surface area (Å²) in [6.45, 7) is 0.809. The normalized spacial score (nSPS) is 10.9. The van der Waals surface area contributed by atoms with Gasteiger partial charge in [-0.15, -0.1) is 11.3 Å². The number of nitrogens with one attached hydrogen (secondary N) is 1. The molecule has 0 unspecified atom stereocenters. The fourth-order valence-corrected chi connectivity index (χ4v) is 2.80. The van der Waals surface area contributed by atoms with E-state index in [4.69, 9.17) is 4.74 Å². The van der Waals surface area contributed by atoms with Crippen molar-refractivity contribution >= 4 is 28.3 Å². The van der Waals surface area contributed by atoms with Crippen LogP contribution in [0.1, 0.15) is 16.1 Å². The number of imidazole rings is 1. The van der Waals surface area contributed by atoms with Gasteiger partial charge < -0.3 is 9.72 Å². The lowest BCUT2D eigenvalue weighted by Gasteiger charge is -2.04. The van der Waals surface area contributed by atoms with E-state index in [9.17, 15) is 9.59 Å². The fraction of sp³-hybridized carbons (Fsp3) is 0.200. The topological polar surface area (TPSA) is 64.1 Å². The van der Waals surface area contributed by atoms with Crippen molar-refractivity contribution in [2.45, 2.75) is 13.0 Å². The minimum absolute atomic E-state index is 0.138. The quantitative estimate of drug-likeness (QED) is 0.582. The summed E-state index contributed by atoms with van der Waals surface area (Å²) >= 11 is 1.36. The molecule has 0 amide bonds. The van der Waals surface area contributed by atoms with Crippen molar-refractivity contribution in [2.75, 3.05) is 6.61 Å². The van der Waals surface area contributed by atoms with Gasteiger partial charge in [0, 0.05) is 6.54 Å². The molecule has 108 valence electrons. The second kappa shape index (κ2) is 5.97. The number of carbonyl (C=O) groups excluding carboxylic acids is 1.